The summed E-state index contributed by atoms with van der Waals surface area (Å²) in [5.74, 6) is 0.592. The lowest BCUT2D eigenvalue weighted by molar-refractivity contribution is -0.138. The summed E-state index contributed by atoms with van der Waals surface area (Å²) < 4.78 is 42.8. The van der Waals surface area contributed by atoms with Crippen LogP contribution in [0.1, 0.15) is 24.0 Å². The molecule has 1 aromatic carbocycles. The third-order valence-electron chi connectivity index (χ3n) is 2.51. The molecule has 0 amide bonds. The van der Waals surface area contributed by atoms with Crippen molar-refractivity contribution >= 4 is 0 Å². The fourth-order valence-electron chi connectivity index (χ4n) is 1.59. The maximum absolute atomic E-state index is 12.7. The molecule has 0 aliphatic heterocycles. The van der Waals surface area contributed by atoms with Gasteiger partial charge in [0.15, 0.2) is 0 Å². The van der Waals surface area contributed by atoms with E-state index in [0.717, 1.165) is 6.07 Å². The highest BCUT2D eigenvalue weighted by atomic mass is 19.4. The molecule has 0 unspecified atom stereocenters. The van der Waals surface area contributed by atoms with E-state index in [4.69, 9.17) is 4.74 Å². The highest BCUT2D eigenvalue weighted by Gasteiger charge is 2.32. The summed E-state index contributed by atoms with van der Waals surface area (Å²) in [7, 11) is 1.51. The molecule has 0 fully saturated rings. The maximum Gasteiger partial charge on any atom is 0.416 e. The zero-order valence-corrected chi connectivity index (χ0v) is 9.68. The van der Waals surface area contributed by atoms with Gasteiger partial charge in [-0.3, -0.25) is 0 Å². The summed E-state index contributed by atoms with van der Waals surface area (Å²) >= 11 is 0. The molecule has 1 nitrogen and oxygen atoms in total. The van der Waals surface area contributed by atoms with Crippen LogP contribution in [0.15, 0.2) is 36.6 Å². The molecular formula is C13H15F3O. The van der Waals surface area contributed by atoms with Gasteiger partial charge in [0.1, 0.15) is 0 Å². The molecule has 0 atom stereocenters. The van der Waals surface area contributed by atoms with E-state index < -0.39 is 11.7 Å². The minimum atomic E-state index is -4.28. The van der Waals surface area contributed by atoms with Crippen LogP contribution >= 0.6 is 0 Å². The quantitative estimate of drug-likeness (QED) is 0.706. The van der Waals surface area contributed by atoms with Crippen molar-refractivity contribution in [3.63, 3.8) is 0 Å². The molecule has 0 aromatic heterocycles. The van der Waals surface area contributed by atoms with Crippen molar-refractivity contribution in [3.8, 4) is 0 Å². The monoisotopic (exact) mass is 244 g/mol. The number of benzene rings is 1. The first-order chi connectivity index (χ1) is 7.95. The fraction of sp³-hybridized carbons (Fsp3) is 0.385. The van der Waals surface area contributed by atoms with E-state index in [1.165, 1.54) is 19.2 Å². The molecule has 0 bridgehead atoms. The normalized spacial score (nSPS) is 11.3. The topological polar surface area (TPSA) is 9.23 Å². The van der Waals surface area contributed by atoms with Crippen LogP contribution in [0, 0.1) is 0 Å². The number of ether oxygens (including phenoxy) is 1. The van der Waals surface area contributed by atoms with Crippen molar-refractivity contribution in [2.24, 2.45) is 0 Å². The van der Waals surface area contributed by atoms with Crippen molar-refractivity contribution in [2.75, 3.05) is 7.11 Å². The standard InChI is InChI=1S/C13H15F3O/c1-10(17-2)6-5-8-11-7-3-4-9-12(11)13(14,15)16/h3-4,7,9H,1,5-6,8H2,2H3. The van der Waals surface area contributed by atoms with E-state index in [9.17, 15) is 13.2 Å². The molecular weight excluding hydrogens is 229 g/mol. The van der Waals surface area contributed by atoms with Crippen LogP contribution in [0.3, 0.4) is 0 Å². The summed E-state index contributed by atoms with van der Waals surface area (Å²) in [5.41, 5.74) is -0.230. The third-order valence-corrected chi connectivity index (χ3v) is 2.51. The summed E-state index contributed by atoms with van der Waals surface area (Å²) in [5, 5.41) is 0. The molecule has 0 radical (unpaired) electrons. The molecule has 1 rings (SSSR count). The van der Waals surface area contributed by atoms with Gasteiger partial charge in [0.2, 0.25) is 0 Å². The van der Waals surface area contributed by atoms with Crippen LogP contribution < -0.4 is 0 Å². The molecule has 0 saturated carbocycles. The van der Waals surface area contributed by atoms with Gasteiger partial charge in [0.25, 0.3) is 0 Å². The number of allylic oxidation sites excluding steroid dienone is 1. The second-order valence-electron chi connectivity index (χ2n) is 3.75. The lowest BCUT2D eigenvalue weighted by atomic mass is 10.0. The molecule has 0 saturated heterocycles. The Hall–Kier alpha value is -1.45. The molecule has 1 aromatic rings. The Labute approximate surface area is 98.9 Å². The molecule has 0 aliphatic carbocycles. The van der Waals surface area contributed by atoms with Crippen molar-refractivity contribution in [2.45, 2.75) is 25.4 Å². The van der Waals surface area contributed by atoms with Crippen LogP contribution in [0.2, 0.25) is 0 Å². The molecule has 17 heavy (non-hydrogen) atoms. The fourth-order valence-corrected chi connectivity index (χ4v) is 1.59. The maximum atomic E-state index is 12.7. The van der Waals surface area contributed by atoms with Crippen LogP contribution in [-0.2, 0) is 17.3 Å². The van der Waals surface area contributed by atoms with Gasteiger partial charge in [-0.05, 0) is 24.5 Å². The van der Waals surface area contributed by atoms with Crippen LogP contribution in [-0.4, -0.2) is 7.11 Å². The van der Waals surface area contributed by atoms with E-state index in [1.54, 1.807) is 6.07 Å². The minimum absolute atomic E-state index is 0.323. The van der Waals surface area contributed by atoms with Gasteiger partial charge in [0.05, 0.1) is 18.4 Å². The average Bonchev–Trinajstić information content (AvgIpc) is 2.28. The highest BCUT2D eigenvalue weighted by molar-refractivity contribution is 5.29. The van der Waals surface area contributed by atoms with Crippen LogP contribution in [0.4, 0.5) is 13.2 Å². The Bertz CT molecular complexity index is 382. The van der Waals surface area contributed by atoms with E-state index in [2.05, 4.69) is 6.58 Å². The summed E-state index contributed by atoms with van der Waals surface area (Å²) in [6.07, 6.45) is -2.74. The first-order valence-corrected chi connectivity index (χ1v) is 5.32. The van der Waals surface area contributed by atoms with E-state index >= 15 is 0 Å². The molecule has 0 aliphatic rings. The van der Waals surface area contributed by atoms with Crippen molar-refractivity contribution in [1.29, 1.82) is 0 Å². The van der Waals surface area contributed by atoms with Crippen molar-refractivity contribution in [3.05, 3.63) is 47.7 Å². The zero-order chi connectivity index (χ0) is 12.9. The second-order valence-corrected chi connectivity index (χ2v) is 3.75. The van der Waals surface area contributed by atoms with Crippen molar-refractivity contribution in [1.82, 2.24) is 0 Å². The number of hydrogen-bond acceptors (Lipinski definition) is 1. The number of halogens is 3. The Morgan fingerprint density at radius 3 is 2.53 bits per heavy atom. The van der Waals surface area contributed by atoms with E-state index in [-0.39, 0.29) is 0 Å². The predicted octanol–water partition coefficient (Wildman–Crippen LogP) is 4.19. The van der Waals surface area contributed by atoms with Gasteiger partial charge < -0.3 is 4.74 Å². The number of hydrogen-bond donors (Lipinski definition) is 0. The lowest BCUT2D eigenvalue weighted by Crippen LogP contribution is -2.09. The van der Waals surface area contributed by atoms with Gasteiger partial charge in [-0.2, -0.15) is 13.2 Å². The third kappa shape index (κ3) is 4.13. The lowest BCUT2D eigenvalue weighted by Gasteiger charge is -2.12. The number of rotatable bonds is 5. The van der Waals surface area contributed by atoms with E-state index in [0.29, 0.717) is 30.6 Å². The largest absolute Gasteiger partial charge is 0.502 e. The smallest absolute Gasteiger partial charge is 0.416 e. The summed E-state index contributed by atoms with van der Waals surface area (Å²) in [6, 6.07) is 5.65. The Balaban J connectivity index is 2.68. The summed E-state index contributed by atoms with van der Waals surface area (Å²) in [4.78, 5) is 0. The minimum Gasteiger partial charge on any atom is -0.502 e. The van der Waals surface area contributed by atoms with Gasteiger partial charge >= 0.3 is 6.18 Å². The zero-order valence-electron chi connectivity index (χ0n) is 9.68. The van der Waals surface area contributed by atoms with Gasteiger partial charge in [-0.1, -0.05) is 24.8 Å². The molecule has 4 heteroatoms. The molecule has 0 heterocycles. The van der Waals surface area contributed by atoms with E-state index in [1.807, 2.05) is 0 Å². The molecule has 94 valence electrons. The molecule has 0 spiro atoms. The predicted molar refractivity (Wildman–Crippen MR) is 60.5 cm³/mol. The summed E-state index contributed by atoms with van der Waals surface area (Å²) in [6.45, 7) is 3.63. The first-order valence-electron chi connectivity index (χ1n) is 5.32. The first kappa shape index (κ1) is 13.6. The van der Waals surface area contributed by atoms with Crippen LogP contribution in [0.5, 0.6) is 0 Å². The second kappa shape index (κ2) is 5.75. The van der Waals surface area contributed by atoms with Gasteiger partial charge in [-0.15, -0.1) is 0 Å². The van der Waals surface area contributed by atoms with Crippen LogP contribution in [0.25, 0.3) is 0 Å². The Morgan fingerprint density at radius 2 is 1.94 bits per heavy atom. The number of methoxy groups -OCH3 is 1. The SMILES string of the molecule is C=C(CCCc1ccccc1C(F)(F)F)OC. The molecule has 0 N–H and O–H groups in total. The highest BCUT2D eigenvalue weighted by Crippen LogP contribution is 2.32. The van der Waals surface area contributed by atoms with Gasteiger partial charge in [-0.25, -0.2) is 0 Å². The Morgan fingerprint density at radius 1 is 1.29 bits per heavy atom. The van der Waals surface area contributed by atoms with Gasteiger partial charge in [0, 0.05) is 6.42 Å². The Kier molecular flexibility index (Phi) is 4.61. The van der Waals surface area contributed by atoms with Crippen molar-refractivity contribution < 1.29 is 17.9 Å². The number of alkyl halides is 3. The number of aryl methyl sites for hydroxylation is 1. The average molecular weight is 244 g/mol.